The highest BCUT2D eigenvalue weighted by atomic mass is 32.2. The van der Waals surface area contributed by atoms with E-state index in [1.807, 2.05) is 0 Å². The number of rotatable bonds is 3. The highest BCUT2D eigenvalue weighted by Crippen LogP contribution is 2.15. The van der Waals surface area contributed by atoms with Crippen LogP contribution in [0.5, 0.6) is 0 Å². The highest BCUT2D eigenvalue weighted by molar-refractivity contribution is 7.91. The Balaban J connectivity index is 2.67. The fourth-order valence-electron chi connectivity index (χ4n) is 1.81. The molecule has 19 heavy (non-hydrogen) atoms. The number of hydrogen-bond donors (Lipinski definition) is 2. The van der Waals surface area contributed by atoms with Gasteiger partial charge in [0, 0.05) is 13.1 Å². The van der Waals surface area contributed by atoms with Crippen molar-refractivity contribution in [2.75, 3.05) is 18.6 Å². The van der Waals surface area contributed by atoms with Crippen molar-refractivity contribution in [1.82, 2.24) is 10.2 Å². The molecule has 2 amide bonds. The standard InChI is InChI=1S/C11H20N2O5S/c1-11(2,9(14)15)13(3)10(16)12-8-5-4-6-19(17,18)7-8/h8H,4-7H2,1-3H3,(H,12,16)(H,14,15). The molecule has 0 spiro atoms. The smallest absolute Gasteiger partial charge is 0.329 e. The van der Waals surface area contributed by atoms with Crippen molar-refractivity contribution >= 4 is 21.8 Å². The predicted molar refractivity (Wildman–Crippen MR) is 69.7 cm³/mol. The van der Waals surface area contributed by atoms with E-state index < -0.39 is 33.4 Å². The number of carbonyl (C=O) groups is 2. The Labute approximate surface area is 112 Å². The van der Waals surface area contributed by atoms with Gasteiger partial charge in [-0.2, -0.15) is 0 Å². The van der Waals surface area contributed by atoms with Crippen LogP contribution in [0.4, 0.5) is 4.79 Å². The number of hydrogen-bond acceptors (Lipinski definition) is 4. The number of carboxylic acid groups (broad SMARTS) is 1. The Morgan fingerprint density at radius 1 is 1.37 bits per heavy atom. The second-order valence-corrected chi connectivity index (χ2v) is 7.55. The Bertz CT molecular complexity index is 471. The quantitative estimate of drug-likeness (QED) is 0.766. The third kappa shape index (κ3) is 3.82. The Kier molecular flexibility index (Phi) is 4.44. The summed E-state index contributed by atoms with van der Waals surface area (Å²) in [7, 11) is -1.73. The van der Waals surface area contributed by atoms with Gasteiger partial charge in [0.25, 0.3) is 0 Å². The molecular weight excluding hydrogens is 272 g/mol. The van der Waals surface area contributed by atoms with Crippen LogP contribution in [0.1, 0.15) is 26.7 Å². The molecule has 8 heteroatoms. The molecule has 0 bridgehead atoms. The average molecular weight is 292 g/mol. The summed E-state index contributed by atoms with van der Waals surface area (Å²) in [4.78, 5) is 24.0. The van der Waals surface area contributed by atoms with Crippen molar-refractivity contribution in [3.05, 3.63) is 0 Å². The van der Waals surface area contributed by atoms with Crippen LogP contribution in [0, 0.1) is 0 Å². The molecule has 0 aromatic rings. The molecule has 1 rings (SSSR count). The van der Waals surface area contributed by atoms with Gasteiger partial charge >= 0.3 is 12.0 Å². The molecule has 0 radical (unpaired) electrons. The first-order chi connectivity index (χ1) is 8.56. The molecule has 1 atom stereocenters. The average Bonchev–Trinajstić information content (AvgIpc) is 2.26. The molecule has 1 aliphatic rings. The SMILES string of the molecule is CN(C(=O)NC1CCCS(=O)(=O)C1)C(C)(C)C(=O)O. The summed E-state index contributed by atoms with van der Waals surface area (Å²) in [6.07, 6.45) is 1.10. The van der Waals surface area contributed by atoms with Gasteiger partial charge in [-0.1, -0.05) is 0 Å². The number of likely N-dealkylation sites (N-methyl/N-ethyl adjacent to an activating group) is 1. The van der Waals surface area contributed by atoms with Crippen LogP contribution in [0.3, 0.4) is 0 Å². The van der Waals surface area contributed by atoms with Gasteiger partial charge in [-0.15, -0.1) is 0 Å². The van der Waals surface area contributed by atoms with E-state index in [1.54, 1.807) is 0 Å². The van der Waals surface area contributed by atoms with Crippen molar-refractivity contribution in [2.45, 2.75) is 38.3 Å². The number of urea groups is 1. The minimum atomic E-state index is -3.10. The van der Waals surface area contributed by atoms with E-state index in [2.05, 4.69) is 5.32 Å². The van der Waals surface area contributed by atoms with Gasteiger partial charge in [0.15, 0.2) is 9.84 Å². The lowest BCUT2D eigenvalue weighted by atomic mass is 10.0. The monoisotopic (exact) mass is 292 g/mol. The first-order valence-corrected chi connectivity index (χ1v) is 7.86. The van der Waals surface area contributed by atoms with Gasteiger partial charge in [0.2, 0.25) is 0 Å². The molecule has 1 fully saturated rings. The van der Waals surface area contributed by atoms with Crippen LogP contribution < -0.4 is 5.32 Å². The largest absolute Gasteiger partial charge is 0.480 e. The lowest BCUT2D eigenvalue weighted by Crippen LogP contribution is -2.56. The summed E-state index contributed by atoms with van der Waals surface area (Å²) >= 11 is 0. The zero-order chi connectivity index (χ0) is 14.8. The Morgan fingerprint density at radius 3 is 2.42 bits per heavy atom. The summed E-state index contributed by atoms with van der Waals surface area (Å²) in [5.41, 5.74) is -1.35. The van der Waals surface area contributed by atoms with Gasteiger partial charge < -0.3 is 15.3 Å². The Hall–Kier alpha value is -1.31. The van der Waals surface area contributed by atoms with Crippen LogP contribution in [-0.2, 0) is 14.6 Å². The van der Waals surface area contributed by atoms with E-state index in [9.17, 15) is 18.0 Å². The molecule has 7 nitrogen and oxygen atoms in total. The fourth-order valence-corrected chi connectivity index (χ4v) is 3.44. The summed E-state index contributed by atoms with van der Waals surface area (Å²) < 4.78 is 22.9. The maximum Gasteiger partial charge on any atom is 0.329 e. The molecule has 1 unspecified atom stereocenters. The number of amides is 2. The second kappa shape index (κ2) is 5.36. The van der Waals surface area contributed by atoms with Gasteiger partial charge in [-0.3, -0.25) is 0 Å². The maximum atomic E-state index is 11.9. The Morgan fingerprint density at radius 2 is 1.95 bits per heavy atom. The van der Waals surface area contributed by atoms with E-state index >= 15 is 0 Å². The highest BCUT2D eigenvalue weighted by Gasteiger charge is 2.36. The van der Waals surface area contributed by atoms with E-state index in [0.717, 1.165) is 4.90 Å². The van der Waals surface area contributed by atoms with Crippen molar-refractivity contribution in [3.8, 4) is 0 Å². The van der Waals surface area contributed by atoms with Gasteiger partial charge in [-0.25, -0.2) is 18.0 Å². The van der Waals surface area contributed by atoms with E-state index in [1.165, 1.54) is 20.9 Å². The first-order valence-electron chi connectivity index (χ1n) is 6.04. The summed E-state index contributed by atoms with van der Waals surface area (Å²) in [6, 6.07) is -1.02. The van der Waals surface area contributed by atoms with Gasteiger partial charge in [0.05, 0.1) is 11.5 Å². The summed E-state index contributed by atoms with van der Waals surface area (Å²) in [5, 5.41) is 11.6. The lowest BCUT2D eigenvalue weighted by molar-refractivity contribution is -0.146. The molecule has 0 aromatic carbocycles. The fraction of sp³-hybridized carbons (Fsp3) is 0.818. The number of aliphatic carboxylic acids is 1. The van der Waals surface area contributed by atoms with E-state index in [4.69, 9.17) is 5.11 Å². The second-order valence-electron chi connectivity index (χ2n) is 5.33. The van der Waals surface area contributed by atoms with Crippen molar-refractivity contribution in [1.29, 1.82) is 0 Å². The molecule has 1 aliphatic heterocycles. The molecule has 0 aromatic heterocycles. The molecule has 2 N–H and O–H groups in total. The molecule has 110 valence electrons. The molecular formula is C11H20N2O5S. The lowest BCUT2D eigenvalue weighted by Gasteiger charge is -2.33. The van der Waals surface area contributed by atoms with Crippen molar-refractivity contribution < 1.29 is 23.1 Å². The molecule has 0 saturated carbocycles. The number of nitrogens with zero attached hydrogens (tertiary/aromatic N) is 1. The van der Waals surface area contributed by atoms with Crippen LogP contribution >= 0.6 is 0 Å². The molecule has 1 heterocycles. The topological polar surface area (TPSA) is 104 Å². The first kappa shape index (κ1) is 15.7. The number of carbonyl (C=O) groups excluding carboxylic acids is 1. The number of nitrogens with one attached hydrogen (secondary N) is 1. The maximum absolute atomic E-state index is 11.9. The van der Waals surface area contributed by atoms with Gasteiger partial charge in [0.1, 0.15) is 5.54 Å². The third-order valence-corrected chi connectivity index (χ3v) is 5.28. The minimum absolute atomic E-state index is 0.0833. The molecule has 0 aliphatic carbocycles. The van der Waals surface area contributed by atoms with E-state index in [-0.39, 0.29) is 11.5 Å². The van der Waals surface area contributed by atoms with Crippen LogP contribution in [-0.4, -0.2) is 60.6 Å². The zero-order valence-corrected chi connectivity index (χ0v) is 12.2. The van der Waals surface area contributed by atoms with Crippen molar-refractivity contribution in [3.63, 3.8) is 0 Å². The molecule has 1 saturated heterocycles. The predicted octanol–water partition coefficient (Wildman–Crippen LogP) is 0.0682. The van der Waals surface area contributed by atoms with Crippen LogP contribution in [0.25, 0.3) is 0 Å². The summed E-state index contributed by atoms with van der Waals surface area (Å²) in [6.45, 7) is 2.82. The third-order valence-electron chi connectivity index (χ3n) is 3.46. The van der Waals surface area contributed by atoms with Crippen LogP contribution in [0.15, 0.2) is 0 Å². The summed E-state index contributed by atoms with van der Waals surface area (Å²) in [5.74, 6) is -1.06. The number of carboxylic acids is 1. The van der Waals surface area contributed by atoms with Crippen molar-refractivity contribution in [2.24, 2.45) is 0 Å². The minimum Gasteiger partial charge on any atom is -0.480 e. The normalized spacial score (nSPS) is 22.6. The van der Waals surface area contributed by atoms with Crippen LogP contribution in [0.2, 0.25) is 0 Å². The zero-order valence-electron chi connectivity index (χ0n) is 11.3. The van der Waals surface area contributed by atoms with Gasteiger partial charge in [-0.05, 0) is 26.7 Å². The van der Waals surface area contributed by atoms with E-state index in [0.29, 0.717) is 12.8 Å². The number of sulfone groups is 1.